The van der Waals surface area contributed by atoms with Crippen molar-refractivity contribution >= 4 is 16.6 Å². The Balaban J connectivity index is 1.75. The van der Waals surface area contributed by atoms with Crippen LogP contribution in [0.3, 0.4) is 0 Å². The number of aryl methyl sites for hydroxylation is 1. The number of benzene rings is 2. The standard InChI is InChI=1S/C23H16F2N4O3/c1-28-11-15-10-14(4-7-18(15)27-28)17-12-29-9-8-19(30)26-22(29)20(21(17)31)13-2-5-16(6-3-13)32-23(24)25/h2-12,23H,1H3,(H,26,30). The Morgan fingerprint density at radius 3 is 2.50 bits per heavy atom. The first kappa shape index (κ1) is 19.7. The van der Waals surface area contributed by atoms with Crippen LogP contribution in [0.1, 0.15) is 0 Å². The van der Waals surface area contributed by atoms with Crippen LogP contribution >= 0.6 is 0 Å². The molecule has 0 spiro atoms. The molecule has 1 N–H and O–H groups in total. The van der Waals surface area contributed by atoms with Crippen molar-refractivity contribution in [3.05, 3.63) is 87.7 Å². The number of fused-ring (bicyclic) bond motifs is 2. The third-order valence-corrected chi connectivity index (χ3v) is 5.16. The van der Waals surface area contributed by atoms with Gasteiger partial charge in [-0.15, -0.1) is 0 Å². The van der Waals surface area contributed by atoms with Crippen LogP contribution in [-0.4, -0.2) is 25.8 Å². The summed E-state index contributed by atoms with van der Waals surface area (Å²) in [5, 5.41) is 5.23. The van der Waals surface area contributed by atoms with Crippen molar-refractivity contribution in [2.45, 2.75) is 6.61 Å². The molecular weight excluding hydrogens is 418 g/mol. The van der Waals surface area contributed by atoms with Gasteiger partial charge in [-0.05, 0) is 35.4 Å². The van der Waals surface area contributed by atoms with Gasteiger partial charge in [0.15, 0.2) is 5.43 Å². The molecule has 7 nitrogen and oxygen atoms in total. The highest BCUT2D eigenvalue weighted by Crippen LogP contribution is 2.28. The Hall–Kier alpha value is -4.27. The van der Waals surface area contributed by atoms with E-state index in [1.54, 1.807) is 21.5 Å². The van der Waals surface area contributed by atoms with Gasteiger partial charge in [0, 0.05) is 42.7 Å². The molecule has 5 rings (SSSR count). The fourth-order valence-electron chi connectivity index (χ4n) is 3.78. The highest BCUT2D eigenvalue weighted by molar-refractivity contribution is 5.87. The zero-order valence-electron chi connectivity index (χ0n) is 16.8. The van der Waals surface area contributed by atoms with Gasteiger partial charge in [-0.3, -0.25) is 14.3 Å². The fourth-order valence-corrected chi connectivity index (χ4v) is 3.78. The lowest BCUT2D eigenvalue weighted by Crippen LogP contribution is -2.16. The van der Waals surface area contributed by atoms with Gasteiger partial charge >= 0.3 is 6.61 Å². The minimum Gasteiger partial charge on any atom is -0.435 e. The van der Waals surface area contributed by atoms with Crippen LogP contribution < -0.4 is 15.7 Å². The Bertz CT molecular complexity index is 1580. The number of aromatic amines is 1. The van der Waals surface area contributed by atoms with E-state index < -0.39 is 6.61 Å². The van der Waals surface area contributed by atoms with Gasteiger partial charge in [0.1, 0.15) is 11.4 Å². The van der Waals surface area contributed by atoms with Gasteiger partial charge in [0.2, 0.25) is 0 Å². The summed E-state index contributed by atoms with van der Waals surface area (Å²) in [6.45, 7) is -2.95. The van der Waals surface area contributed by atoms with Gasteiger partial charge in [-0.1, -0.05) is 18.2 Å². The first-order valence-electron chi connectivity index (χ1n) is 9.66. The number of nitrogens with zero attached hydrogens (tertiary/aromatic N) is 3. The molecule has 0 saturated carbocycles. The van der Waals surface area contributed by atoms with E-state index in [2.05, 4.69) is 14.8 Å². The molecule has 0 fully saturated rings. The third-order valence-electron chi connectivity index (χ3n) is 5.16. The second kappa shape index (κ2) is 7.45. The van der Waals surface area contributed by atoms with Crippen LogP contribution in [0.15, 0.2) is 76.7 Å². The van der Waals surface area contributed by atoms with Crippen molar-refractivity contribution in [1.29, 1.82) is 0 Å². The van der Waals surface area contributed by atoms with E-state index in [-0.39, 0.29) is 22.3 Å². The minimum atomic E-state index is -2.95. The van der Waals surface area contributed by atoms with Crippen molar-refractivity contribution < 1.29 is 13.5 Å². The molecule has 5 aromatic rings. The Morgan fingerprint density at radius 2 is 1.75 bits per heavy atom. The van der Waals surface area contributed by atoms with Gasteiger partial charge < -0.3 is 14.1 Å². The lowest BCUT2D eigenvalue weighted by molar-refractivity contribution is -0.0498. The van der Waals surface area contributed by atoms with Gasteiger partial charge in [0.05, 0.1) is 11.1 Å². The first-order chi connectivity index (χ1) is 15.4. The van der Waals surface area contributed by atoms with Crippen molar-refractivity contribution in [2.24, 2.45) is 7.05 Å². The molecule has 0 amide bonds. The largest absolute Gasteiger partial charge is 0.435 e. The van der Waals surface area contributed by atoms with Crippen molar-refractivity contribution in [2.75, 3.05) is 0 Å². The van der Waals surface area contributed by atoms with E-state index >= 15 is 0 Å². The Labute approximate surface area is 179 Å². The molecule has 0 radical (unpaired) electrons. The van der Waals surface area contributed by atoms with Crippen molar-refractivity contribution in [3.63, 3.8) is 0 Å². The number of hydrogen-bond donors (Lipinski definition) is 1. The van der Waals surface area contributed by atoms with Crippen LogP contribution in [0.25, 0.3) is 38.8 Å². The van der Waals surface area contributed by atoms with Gasteiger partial charge in [-0.2, -0.15) is 13.9 Å². The molecule has 3 aromatic heterocycles. The summed E-state index contributed by atoms with van der Waals surface area (Å²) >= 11 is 0. The average Bonchev–Trinajstić information content (AvgIpc) is 3.13. The van der Waals surface area contributed by atoms with Crippen molar-refractivity contribution in [3.8, 4) is 28.0 Å². The molecule has 0 bridgehead atoms. The summed E-state index contributed by atoms with van der Waals surface area (Å²) in [5.41, 5.74) is 2.24. The Kier molecular flexibility index (Phi) is 4.58. The summed E-state index contributed by atoms with van der Waals surface area (Å²) in [4.78, 5) is 28.3. The quantitative estimate of drug-likeness (QED) is 0.467. The summed E-state index contributed by atoms with van der Waals surface area (Å²) in [5.74, 6) is -0.0279. The first-order valence-corrected chi connectivity index (χ1v) is 9.66. The molecule has 0 saturated heterocycles. The number of nitrogens with one attached hydrogen (secondary N) is 1. The van der Waals surface area contributed by atoms with E-state index in [0.29, 0.717) is 22.3 Å². The maximum absolute atomic E-state index is 13.6. The third kappa shape index (κ3) is 3.43. The van der Waals surface area contributed by atoms with E-state index in [1.165, 1.54) is 30.3 Å². The zero-order valence-corrected chi connectivity index (χ0v) is 16.8. The number of hydrogen-bond acceptors (Lipinski definition) is 4. The highest BCUT2D eigenvalue weighted by Gasteiger charge is 2.16. The lowest BCUT2D eigenvalue weighted by Gasteiger charge is -2.12. The monoisotopic (exact) mass is 434 g/mol. The molecule has 9 heteroatoms. The number of rotatable bonds is 4. The maximum atomic E-state index is 13.6. The van der Waals surface area contributed by atoms with Gasteiger partial charge in [0.25, 0.3) is 5.56 Å². The fraction of sp³-hybridized carbons (Fsp3) is 0.0870. The second-order valence-electron chi connectivity index (χ2n) is 7.29. The Morgan fingerprint density at radius 1 is 1.00 bits per heavy atom. The number of H-pyrrole nitrogens is 1. The zero-order chi connectivity index (χ0) is 22.4. The number of halogens is 2. The molecular formula is C23H16F2N4O3. The van der Waals surface area contributed by atoms with Crippen LogP contribution in [-0.2, 0) is 7.05 Å². The smallest absolute Gasteiger partial charge is 0.387 e. The van der Waals surface area contributed by atoms with Crippen LogP contribution in [0.5, 0.6) is 5.75 Å². The minimum absolute atomic E-state index is 0.0279. The SMILES string of the molecule is Cn1cc2cc(-c3cn4ccc(=O)[nH]c4c(-c4ccc(OC(F)F)cc4)c3=O)ccc2n1. The topological polar surface area (TPSA) is 81.4 Å². The summed E-state index contributed by atoms with van der Waals surface area (Å²) in [7, 11) is 1.82. The second-order valence-corrected chi connectivity index (χ2v) is 7.29. The lowest BCUT2D eigenvalue weighted by atomic mass is 9.99. The maximum Gasteiger partial charge on any atom is 0.387 e. The summed E-state index contributed by atoms with van der Waals surface area (Å²) in [6.07, 6.45) is 5.08. The number of ether oxygens (including phenoxy) is 1. The predicted molar refractivity (Wildman–Crippen MR) is 116 cm³/mol. The molecule has 3 heterocycles. The van der Waals surface area contributed by atoms with Crippen LogP contribution in [0, 0.1) is 0 Å². The molecule has 160 valence electrons. The predicted octanol–water partition coefficient (Wildman–Crippen LogP) is 3.81. The molecule has 0 atom stereocenters. The van der Waals surface area contributed by atoms with E-state index in [4.69, 9.17) is 0 Å². The van der Waals surface area contributed by atoms with E-state index in [9.17, 15) is 18.4 Å². The summed E-state index contributed by atoms with van der Waals surface area (Å²) < 4.78 is 32.7. The van der Waals surface area contributed by atoms with Gasteiger partial charge in [-0.25, -0.2) is 0 Å². The highest BCUT2D eigenvalue weighted by atomic mass is 19.3. The van der Waals surface area contributed by atoms with E-state index in [1.807, 2.05) is 31.4 Å². The molecule has 0 aliphatic carbocycles. The summed E-state index contributed by atoms with van der Waals surface area (Å²) in [6, 6.07) is 12.6. The molecule has 32 heavy (non-hydrogen) atoms. The molecule has 0 unspecified atom stereocenters. The average molecular weight is 434 g/mol. The number of aromatic nitrogens is 4. The van der Waals surface area contributed by atoms with E-state index in [0.717, 1.165) is 10.9 Å². The normalized spacial score (nSPS) is 11.5. The molecule has 0 aliphatic rings. The number of alkyl halides is 2. The molecule has 0 aliphatic heterocycles. The van der Waals surface area contributed by atoms with Crippen LogP contribution in [0.4, 0.5) is 8.78 Å². The van der Waals surface area contributed by atoms with Crippen LogP contribution in [0.2, 0.25) is 0 Å². The molecule has 2 aromatic carbocycles. The van der Waals surface area contributed by atoms with Crippen molar-refractivity contribution in [1.82, 2.24) is 19.2 Å². The number of pyridine rings is 1.